The van der Waals surface area contributed by atoms with Gasteiger partial charge in [0.2, 0.25) is 5.91 Å². The number of carbonyl (C=O) groups is 2. The number of fused-ring (bicyclic) bond motifs is 1. The van der Waals surface area contributed by atoms with Crippen molar-refractivity contribution in [2.45, 2.75) is 32.7 Å². The summed E-state index contributed by atoms with van der Waals surface area (Å²) in [6.45, 7) is 3.90. The molecule has 1 aromatic rings. The van der Waals surface area contributed by atoms with Gasteiger partial charge in [-0.05, 0) is 36.1 Å². The maximum Gasteiger partial charge on any atom is 0.326 e. The van der Waals surface area contributed by atoms with E-state index in [1.165, 1.54) is 4.90 Å². The molecule has 20 heavy (non-hydrogen) atoms. The molecule has 0 aromatic heterocycles. The maximum atomic E-state index is 12.2. The van der Waals surface area contributed by atoms with Gasteiger partial charge < -0.3 is 9.84 Å². The van der Waals surface area contributed by atoms with Crippen molar-refractivity contribution in [2.75, 3.05) is 12.0 Å². The van der Waals surface area contributed by atoms with Gasteiger partial charge >= 0.3 is 5.97 Å². The van der Waals surface area contributed by atoms with E-state index in [2.05, 4.69) is 0 Å². The second-order valence-electron chi connectivity index (χ2n) is 5.42. The Morgan fingerprint density at radius 3 is 2.70 bits per heavy atom. The molecule has 0 spiro atoms. The van der Waals surface area contributed by atoms with Crippen molar-refractivity contribution in [1.29, 1.82) is 0 Å². The molecule has 1 atom stereocenters. The van der Waals surface area contributed by atoms with Crippen LogP contribution in [0.15, 0.2) is 18.2 Å². The molecule has 1 aromatic carbocycles. The zero-order chi connectivity index (χ0) is 14.9. The Kier molecular flexibility index (Phi) is 3.97. The minimum atomic E-state index is -0.962. The monoisotopic (exact) mass is 277 g/mol. The van der Waals surface area contributed by atoms with E-state index in [9.17, 15) is 14.7 Å². The van der Waals surface area contributed by atoms with Crippen LogP contribution < -0.4 is 9.64 Å². The van der Waals surface area contributed by atoms with Crippen molar-refractivity contribution in [3.63, 3.8) is 0 Å². The fourth-order valence-corrected chi connectivity index (χ4v) is 2.55. The highest BCUT2D eigenvalue weighted by atomic mass is 16.5. The molecule has 1 unspecified atom stereocenters. The summed E-state index contributed by atoms with van der Waals surface area (Å²) < 4.78 is 5.14. The number of nitrogens with zero attached hydrogens (tertiary/aromatic N) is 1. The fourth-order valence-electron chi connectivity index (χ4n) is 2.55. The number of hydrogen-bond donors (Lipinski definition) is 1. The van der Waals surface area contributed by atoms with Crippen LogP contribution in [0.1, 0.15) is 25.8 Å². The lowest BCUT2D eigenvalue weighted by Gasteiger charge is -2.26. The smallest absolute Gasteiger partial charge is 0.326 e. The molecule has 1 N–H and O–H groups in total. The number of amides is 1. The van der Waals surface area contributed by atoms with Crippen molar-refractivity contribution in [3.05, 3.63) is 23.8 Å². The largest absolute Gasteiger partial charge is 0.497 e. The SMILES string of the molecule is COc1ccc2c(c1)CC(=O)N2C(CC(C)C)C(=O)O. The van der Waals surface area contributed by atoms with Crippen LogP contribution >= 0.6 is 0 Å². The zero-order valence-corrected chi connectivity index (χ0v) is 11.9. The number of hydrogen-bond acceptors (Lipinski definition) is 3. The third-order valence-electron chi connectivity index (χ3n) is 3.45. The van der Waals surface area contributed by atoms with Crippen LogP contribution in [0.3, 0.4) is 0 Å². The van der Waals surface area contributed by atoms with Gasteiger partial charge in [-0.1, -0.05) is 13.8 Å². The van der Waals surface area contributed by atoms with Gasteiger partial charge in [-0.2, -0.15) is 0 Å². The Morgan fingerprint density at radius 2 is 2.15 bits per heavy atom. The van der Waals surface area contributed by atoms with Crippen LogP contribution in [0, 0.1) is 5.92 Å². The average molecular weight is 277 g/mol. The van der Waals surface area contributed by atoms with E-state index >= 15 is 0 Å². The van der Waals surface area contributed by atoms with E-state index in [0.717, 1.165) is 5.56 Å². The van der Waals surface area contributed by atoms with E-state index in [-0.39, 0.29) is 18.2 Å². The topological polar surface area (TPSA) is 66.8 Å². The molecule has 1 amide bonds. The lowest BCUT2D eigenvalue weighted by atomic mass is 10.0. The van der Waals surface area contributed by atoms with Crippen LogP contribution in [-0.4, -0.2) is 30.1 Å². The number of anilines is 1. The lowest BCUT2D eigenvalue weighted by Crippen LogP contribution is -2.44. The second-order valence-corrected chi connectivity index (χ2v) is 5.42. The summed E-state index contributed by atoms with van der Waals surface area (Å²) in [5.41, 5.74) is 1.51. The number of carboxylic acids is 1. The van der Waals surface area contributed by atoms with E-state index in [1.54, 1.807) is 25.3 Å². The van der Waals surface area contributed by atoms with Crippen molar-refractivity contribution in [1.82, 2.24) is 0 Å². The van der Waals surface area contributed by atoms with Crippen LogP contribution in [0.2, 0.25) is 0 Å². The molecule has 5 heteroatoms. The van der Waals surface area contributed by atoms with Gasteiger partial charge in [-0.15, -0.1) is 0 Å². The number of ether oxygens (including phenoxy) is 1. The predicted octanol–water partition coefficient (Wildman–Crippen LogP) is 2.08. The van der Waals surface area contributed by atoms with Gasteiger partial charge in [-0.25, -0.2) is 4.79 Å². The lowest BCUT2D eigenvalue weighted by molar-refractivity contribution is -0.140. The highest BCUT2D eigenvalue weighted by Crippen LogP contribution is 2.34. The van der Waals surface area contributed by atoms with Crippen molar-refractivity contribution in [2.24, 2.45) is 5.92 Å². The molecular weight excluding hydrogens is 258 g/mol. The Morgan fingerprint density at radius 1 is 1.45 bits per heavy atom. The van der Waals surface area contributed by atoms with Gasteiger partial charge in [0.05, 0.1) is 13.5 Å². The maximum absolute atomic E-state index is 12.2. The van der Waals surface area contributed by atoms with Crippen LogP contribution in [-0.2, 0) is 16.0 Å². The molecule has 108 valence electrons. The summed E-state index contributed by atoms with van der Waals surface area (Å²) in [5, 5.41) is 9.41. The van der Waals surface area contributed by atoms with E-state index in [4.69, 9.17) is 4.74 Å². The Labute approximate surface area is 118 Å². The van der Waals surface area contributed by atoms with Gasteiger partial charge in [0, 0.05) is 5.69 Å². The van der Waals surface area contributed by atoms with Crippen LogP contribution in [0.4, 0.5) is 5.69 Å². The fraction of sp³-hybridized carbons (Fsp3) is 0.467. The molecular formula is C15H19NO4. The molecule has 2 rings (SSSR count). The Bertz CT molecular complexity index is 539. The molecule has 0 fully saturated rings. The zero-order valence-electron chi connectivity index (χ0n) is 11.9. The van der Waals surface area contributed by atoms with Crippen molar-refractivity contribution < 1.29 is 19.4 Å². The molecule has 1 aliphatic heterocycles. The standard InChI is InChI=1S/C15H19NO4/c1-9(2)6-13(15(18)19)16-12-5-4-11(20-3)7-10(12)8-14(16)17/h4-5,7,9,13H,6,8H2,1-3H3,(H,18,19). The van der Waals surface area contributed by atoms with Crippen LogP contribution in [0.25, 0.3) is 0 Å². The quantitative estimate of drug-likeness (QED) is 0.894. The van der Waals surface area contributed by atoms with E-state index < -0.39 is 12.0 Å². The van der Waals surface area contributed by atoms with Crippen molar-refractivity contribution in [3.8, 4) is 5.75 Å². The number of carboxylic acid groups (broad SMARTS) is 1. The van der Waals surface area contributed by atoms with Crippen LogP contribution in [0.5, 0.6) is 5.75 Å². The number of benzene rings is 1. The number of aliphatic carboxylic acids is 1. The number of methoxy groups -OCH3 is 1. The summed E-state index contributed by atoms with van der Waals surface area (Å²) in [4.78, 5) is 25.1. The van der Waals surface area contributed by atoms with Gasteiger partial charge in [0.1, 0.15) is 11.8 Å². The van der Waals surface area contributed by atoms with Gasteiger partial charge in [-0.3, -0.25) is 9.69 Å². The highest BCUT2D eigenvalue weighted by Gasteiger charge is 2.37. The van der Waals surface area contributed by atoms with E-state index in [1.807, 2.05) is 13.8 Å². The summed E-state index contributed by atoms with van der Waals surface area (Å²) in [7, 11) is 1.56. The molecule has 0 bridgehead atoms. The average Bonchev–Trinajstić information content (AvgIpc) is 2.70. The summed E-state index contributed by atoms with van der Waals surface area (Å²) in [5.74, 6) is -0.252. The first-order valence-electron chi connectivity index (χ1n) is 6.65. The minimum Gasteiger partial charge on any atom is -0.497 e. The third kappa shape index (κ3) is 2.61. The molecule has 0 saturated carbocycles. The molecule has 5 nitrogen and oxygen atoms in total. The summed E-state index contributed by atoms with van der Waals surface area (Å²) >= 11 is 0. The first kappa shape index (κ1) is 14.4. The molecule has 0 radical (unpaired) electrons. The van der Waals surface area contributed by atoms with Gasteiger partial charge in [0.25, 0.3) is 0 Å². The predicted molar refractivity (Wildman–Crippen MR) is 75.1 cm³/mol. The second kappa shape index (κ2) is 5.53. The minimum absolute atomic E-state index is 0.165. The van der Waals surface area contributed by atoms with Crippen molar-refractivity contribution >= 4 is 17.6 Å². The first-order valence-corrected chi connectivity index (χ1v) is 6.65. The van der Waals surface area contributed by atoms with Gasteiger partial charge in [0.15, 0.2) is 0 Å². The Hall–Kier alpha value is -2.04. The summed E-state index contributed by atoms with van der Waals surface area (Å²) in [6, 6.07) is 4.49. The molecule has 0 saturated heterocycles. The normalized spacial score (nSPS) is 15.4. The Balaban J connectivity index is 2.38. The number of rotatable bonds is 5. The third-order valence-corrected chi connectivity index (χ3v) is 3.45. The summed E-state index contributed by atoms with van der Waals surface area (Å²) in [6.07, 6.45) is 0.668. The van der Waals surface area contributed by atoms with E-state index in [0.29, 0.717) is 17.9 Å². The first-order chi connectivity index (χ1) is 9.43. The molecule has 1 heterocycles. The molecule has 1 aliphatic rings. The molecule has 0 aliphatic carbocycles. The number of carbonyl (C=O) groups excluding carboxylic acids is 1. The highest BCUT2D eigenvalue weighted by molar-refractivity contribution is 6.05.